The summed E-state index contributed by atoms with van der Waals surface area (Å²) in [5.74, 6) is -2.01. The number of aromatic nitrogens is 6. The SMILES string of the molecule is CC[C@H](CC(=O)[C@H](Cc1nn[nH]n1)N[C@@H](c1ccc(-c2noc(C)n2)cc1)C(F)(F)F)C(=O)C(=O)CC1CC1. The number of tetrazole rings is 1. The predicted molar refractivity (Wildman–Crippen MR) is 129 cm³/mol. The number of rotatable bonds is 14. The van der Waals surface area contributed by atoms with Crippen LogP contribution in [-0.4, -0.2) is 60.3 Å². The first-order valence-corrected chi connectivity index (χ1v) is 12.6. The number of halogens is 3. The van der Waals surface area contributed by atoms with Crippen molar-refractivity contribution in [2.24, 2.45) is 11.8 Å². The van der Waals surface area contributed by atoms with Crippen molar-refractivity contribution in [1.82, 2.24) is 36.1 Å². The molecule has 3 atom stereocenters. The number of hydrogen-bond acceptors (Lipinski definition) is 10. The van der Waals surface area contributed by atoms with E-state index in [0.29, 0.717) is 11.5 Å². The Labute approximate surface area is 221 Å². The molecule has 1 aliphatic carbocycles. The number of aromatic amines is 1. The molecule has 0 amide bonds. The summed E-state index contributed by atoms with van der Waals surface area (Å²) in [7, 11) is 0. The predicted octanol–water partition coefficient (Wildman–Crippen LogP) is 3.29. The first-order chi connectivity index (χ1) is 18.5. The zero-order chi connectivity index (χ0) is 28.2. The van der Waals surface area contributed by atoms with Crippen molar-refractivity contribution >= 4 is 17.3 Å². The fourth-order valence-electron chi connectivity index (χ4n) is 4.26. The molecule has 39 heavy (non-hydrogen) atoms. The van der Waals surface area contributed by atoms with Crippen LogP contribution in [-0.2, 0) is 20.8 Å². The van der Waals surface area contributed by atoms with Crippen LogP contribution < -0.4 is 5.32 Å². The van der Waals surface area contributed by atoms with Crippen LogP contribution in [0, 0.1) is 18.8 Å². The summed E-state index contributed by atoms with van der Waals surface area (Å²) in [6, 6.07) is 1.73. The van der Waals surface area contributed by atoms with Crippen LogP contribution in [0.4, 0.5) is 13.2 Å². The molecule has 1 aliphatic rings. The Morgan fingerprint density at radius 1 is 1.18 bits per heavy atom. The van der Waals surface area contributed by atoms with Gasteiger partial charge in [0.1, 0.15) is 6.04 Å². The van der Waals surface area contributed by atoms with Crippen LogP contribution >= 0.6 is 0 Å². The Morgan fingerprint density at radius 3 is 2.44 bits per heavy atom. The first-order valence-electron chi connectivity index (χ1n) is 12.6. The highest BCUT2D eigenvalue weighted by atomic mass is 19.4. The summed E-state index contributed by atoms with van der Waals surface area (Å²) in [4.78, 5) is 42.5. The number of nitrogens with one attached hydrogen (secondary N) is 2. The van der Waals surface area contributed by atoms with E-state index in [-0.39, 0.29) is 48.8 Å². The second-order valence-corrected chi connectivity index (χ2v) is 9.70. The molecule has 0 spiro atoms. The van der Waals surface area contributed by atoms with E-state index in [9.17, 15) is 27.6 Å². The normalized spacial score (nSPS) is 16.0. The number of Topliss-reactive ketones (excluding diaryl/α,β-unsaturated/α-hetero) is 3. The number of alkyl halides is 3. The Balaban J connectivity index is 1.55. The lowest BCUT2D eigenvalue weighted by Gasteiger charge is -2.27. The minimum Gasteiger partial charge on any atom is -0.339 e. The van der Waals surface area contributed by atoms with E-state index in [0.717, 1.165) is 12.8 Å². The second-order valence-electron chi connectivity index (χ2n) is 9.70. The molecule has 3 aromatic rings. The maximum atomic E-state index is 14.3. The maximum Gasteiger partial charge on any atom is 0.407 e. The first kappa shape index (κ1) is 28.2. The topological polar surface area (TPSA) is 157 Å². The third-order valence-corrected chi connectivity index (χ3v) is 6.65. The number of H-pyrrole nitrogens is 1. The number of carbonyl (C=O) groups excluding carboxylic acids is 3. The fraction of sp³-hybridized carbons (Fsp3) is 0.520. The van der Waals surface area contributed by atoms with Gasteiger partial charge >= 0.3 is 6.18 Å². The molecule has 1 saturated carbocycles. The van der Waals surface area contributed by atoms with Crippen molar-refractivity contribution in [2.45, 2.75) is 70.6 Å². The summed E-state index contributed by atoms with van der Waals surface area (Å²) in [6.45, 7) is 3.25. The largest absolute Gasteiger partial charge is 0.407 e. The summed E-state index contributed by atoms with van der Waals surface area (Å²) >= 11 is 0. The van der Waals surface area contributed by atoms with Gasteiger partial charge in [-0.25, -0.2) is 0 Å². The molecule has 2 N–H and O–H groups in total. The van der Waals surface area contributed by atoms with Gasteiger partial charge in [-0.2, -0.15) is 23.4 Å². The van der Waals surface area contributed by atoms with Crippen LogP contribution in [0.3, 0.4) is 0 Å². The molecule has 1 aromatic carbocycles. The van der Waals surface area contributed by atoms with Crippen molar-refractivity contribution in [3.8, 4) is 11.4 Å². The Bertz CT molecular complexity index is 1290. The standard InChI is InChI=1S/C25H28F3N7O4/c1-3-15(22(38)20(37)10-14-4-5-14)11-19(36)18(12-21-31-34-35-32-21)30-23(25(26,27)28)16-6-8-17(9-7-16)24-29-13(2)39-33-24/h6-9,14-15,18,23,30H,3-5,10-12H2,1-2H3,(H,31,32,34,35)/t15-,18+,23+/m1/s1. The molecule has 0 aliphatic heterocycles. The molecular weight excluding hydrogens is 519 g/mol. The lowest BCUT2D eigenvalue weighted by atomic mass is 9.88. The van der Waals surface area contributed by atoms with Gasteiger partial charge in [-0.3, -0.25) is 19.7 Å². The average molecular weight is 548 g/mol. The summed E-state index contributed by atoms with van der Waals surface area (Å²) in [5, 5.41) is 19.3. The lowest BCUT2D eigenvalue weighted by molar-refractivity contribution is -0.161. The van der Waals surface area contributed by atoms with E-state index < -0.39 is 41.5 Å². The van der Waals surface area contributed by atoms with Crippen LogP contribution in [0.25, 0.3) is 11.4 Å². The highest BCUT2D eigenvalue weighted by Gasteiger charge is 2.43. The van der Waals surface area contributed by atoms with Crippen molar-refractivity contribution < 1.29 is 32.1 Å². The third kappa shape index (κ3) is 7.40. The minimum absolute atomic E-state index is 0.0220. The van der Waals surface area contributed by atoms with E-state index >= 15 is 0 Å². The fourth-order valence-corrected chi connectivity index (χ4v) is 4.26. The van der Waals surface area contributed by atoms with Crippen molar-refractivity contribution in [3.63, 3.8) is 0 Å². The minimum atomic E-state index is -4.78. The van der Waals surface area contributed by atoms with Gasteiger partial charge in [0.05, 0.1) is 6.04 Å². The lowest BCUT2D eigenvalue weighted by Crippen LogP contribution is -2.47. The smallest absolute Gasteiger partial charge is 0.339 e. The number of aryl methyl sites for hydroxylation is 1. The highest BCUT2D eigenvalue weighted by Crippen LogP contribution is 2.35. The van der Waals surface area contributed by atoms with E-state index in [1.54, 1.807) is 13.8 Å². The molecule has 14 heteroatoms. The number of nitrogens with zero attached hydrogens (tertiary/aromatic N) is 5. The summed E-state index contributed by atoms with van der Waals surface area (Å²) < 4.78 is 47.7. The van der Waals surface area contributed by atoms with E-state index in [4.69, 9.17) is 4.52 Å². The summed E-state index contributed by atoms with van der Waals surface area (Å²) in [6.07, 6.45) is -3.34. The van der Waals surface area contributed by atoms with E-state index in [1.807, 2.05) is 0 Å². The molecule has 208 valence electrons. The Hall–Kier alpha value is -3.81. The van der Waals surface area contributed by atoms with Gasteiger partial charge in [0, 0.05) is 37.7 Å². The number of carbonyl (C=O) groups is 3. The van der Waals surface area contributed by atoms with E-state index in [1.165, 1.54) is 24.3 Å². The zero-order valence-corrected chi connectivity index (χ0v) is 21.4. The van der Waals surface area contributed by atoms with E-state index in [2.05, 4.69) is 36.1 Å². The van der Waals surface area contributed by atoms with Gasteiger partial charge in [0.2, 0.25) is 17.5 Å². The molecule has 2 aromatic heterocycles. The van der Waals surface area contributed by atoms with Crippen LogP contribution in [0.1, 0.15) is 62.3 Å². The Kier molecular flexibility index (Phi) is 8.63. The molecule has 0 unspecified atom stereocenters. The molecule has 0 radical (unpaired) electrons. The average Bonchev–Trinajstić information content (AvgIpc) is 3.36. The van der Waals surface area contributed by atoms with Crippen LogP contribution in [0.2, 0.25) is 0 Å². The van der Waals surface area contributed by atoms with Gasteiger partial charge in [-0.15, -0.1) is 10.2 Å². The molecule has 1 fully saturated rings. The van der Waals surface area contributed by atoms with Gasteiger partial charge < -0.3 is 4.52 Å². The molecule has 4 rings (SSSR count). The molecule has 0 saturated heterocycles. The maximum absolute atomic E-state index is 14.3. The molecule has 11 nitrogen and oxygen atoms in total. The molecular formula is C25H28F3N7O4. The van der Waals surface area contributed by atoms with Gasteiger partial charge in [0.25, 0.3) is 0 Å². The van der Waals surface area contributed by atoms with Crippen molar-refractivity contribution in [3.05, 3.63) is 41.5 Å². The second kappa shape index (κ2) is 11.9. The van der Waals surface area contributed by atoms with Crippen LogP contribution in [0.5, 0.6) is 0 Å². The number of ketones is 3. The van der Waals surface area contributed by atoms with Crippen molar-refractivity contribution in [1.29, 1.82) is 0 Å². The molecule has 0 bridgehead atoms. The van der Waals surface area contributed by atoms with Crippen LogP contribution in [0.15, 0.2) is 28.8 Å². The Morgan fingerprint density at radius 2 is 1.90 bits per heavy atom. The van der Waals surface area contributed by atoms with Crippen molar-refractivity contribution in [2.75, 3.05) is 0 Å². The van der Waals surface area contributed by atoms with Gasteiger partial charge in [0.15, 0.2) is 17.4 Å². The third-order valence-electron chi connectivity index (χ3n) is 6.65. The number of hydrogen-bond donors (Lipinski definition) is 2. The van der Waals surface area contributed by atoms with Gasteiger partial charge in [-0.05, 0) is 30.7 Å². The number of benzene rings is 1. The highest BCUT2D eigenvalue weighted by molar-refractivity contribution is 6.38. The monoisotopic (exact) mass is 547 g/mol. The quantitative estimate of drug-likeness (QED) is 0.287. The molecule has 2 heterocycles. The van der Waals surface area contributed by atoms with Gasteiger partial charge in [-0.1, -0.05) is 41.6 Å². The summed E-state index contributed by atoms with van der Waals surface area (Å²) in [5.41, 5.74) is 0.302. The zero-order valence-electron chi connectivity index (χ0n) is 21.4.